The summed E-state index contributed by atoms with van der Waals surface area (Å²) in [5.74, 6) is -2.66. The maximum absolute atomic E-state index is 14.3. The Hall–Kier alpha value is -6.08. The summed E-state index contributed by atoms with van der Waals surface area (Å²) in [6, 6.07) is 22.8. The van der Waals surface area contributed by atoms with Crippen molar-refractivity contribution in [2.45, 2.75) is 109 Å². The number of likely N-dealkylation sites (tertiary alicyclic amines) is 1. The van der Waals surface area contributed by atoms with E-state index in [4.69, 9.17) is 23.7 Å². The van der Waals surface area contributed by atoms with E-state index in [0.29, 0.717) is 25.8 Å². The predicted molar refractivity (Wildman–Crippen MR) is 276 cm³/mol. The summed E-state index contributed by atoms with van der Waals surface area (Å²) < 4.78 is 28.8. The van der Waals surface area contributed by atoms with Crippen molar-refractivity contribution in [3.05, 3.63) is 95.6 Å². The van der Waals surface area contributed by atoms with Crippen molar-refractivity contribution in [1.29, 1.82) is 0 Å². The minimum Gasteiger partial charge on any atom is -0.465 e. The predicted octanol–water partition coefficient (Wildman–Crippen LogP) is 5.61. The van der Waals surface area contributed by atoms with Gasteiger partial charge in [-0.3, -0.25) is 19.2 Å². The maximum atomic E-state index is 14.3. The first-order valence-electron chi connectivity index (χ1n) is 25.6. The lowest BCUT2D eigenvalue weighted by Gasteiger charge is -2.40. The van der Waals surface area contributed by atoms with E-state index in [-0.39, 0.29) is 82.6 Å². The number of alkyl carbamates (subject to hydrolysis) is 1. The lowest BCUT2D eigenvalue weighted by Crippen LogP contribution is -2.57. The van der Waals surface area contributed by atoms with Crippen molar-refractivity contribution in [2.24, 2.45) is 17.8 Å². The summed E-state index contributed by atoms with van der Waals surface area (Å²) in [7, 11) is 4.62. The first kappa shape index (κ1) is 57.8. The van der Waals surface area contributed by atoms with Gasteiger partial charge in [-0.2, -0.15) is 0 Å². The molecule has 400 valence electrons. The van der Waals surface area contributed by atoms with E-state index in [2.05, 4.69) is 45.5 Å². The summed E-state index contributed by atoms with van der Waals surface area (Å²) in [6.45, 7) is 11.3. The fourth-order valence-electron chi connectivity index (χ4n) is 10.1. The molecule has 3 aromatic rings. The van der Waals surface area contributed by atoms with Crippen LogP contribution in [0.3, 0.4) is 0 Å². The highest BCUT2D eigenvalue weighted by molar-refractivity contribution is 5.89. The van der Waals surface area contributed by atoms with Crippen LogP contribution in [-0.2, 0) is 49.3 Å². The van der Waals surface area contributed by atoms with Crippen LogP contribution in [0.5, 0.6) is 0 Å². The molecule has 1 saturated heterocycles. The Balaban J connectivity index is 1.07. The van der Waals surface area contributed by atoms with Gasteiger partial charge in [0.15, 0.2) is 0 Å². The molecule has 18 nitrogen and oxygen atoms in total. The monoisotopic (exact) mass is 1010 g/mol. The molecule has 73 heavy (non-hydrogen) atoms. The fourth-order valence-corrected chi connectivity index (χ4v) is 10.1. The molecule has 0 saturated carbocycles. The summed E-state index contributed by atoms with van der Waals surface area (Å²) >= 11 is 0. The lowest BCUT2D eigenvalue weighted by molar-refractivity contribution is -0.147. The largest absolute Gasteiger partial charge is 0.465 e. The summed E-state index contributed by atoms with van der Waals surface area (Å²) in [5, 5.41) is 20.4. The second-order valence-electron chi connectivity index (χ2n) is 19.3. The maximum Gasteiger partial charge on any atom is 0.407 e. The van der Waals surface area contributed by atoms with Crippen LogP contribution in [0.15, 0.2) is 78.9 Å². The third-order valence-electron chi connectivity index (χ3n) is 14.2. The number of carbonyl (C=O) groups is 6. The second kappa shape index (κ2) is 29.0. The molecule has 0 bridgehead atoms. The molecule has 5 rings (SSSR count). The normalized spacial score (nSPS) is 17.0. The molecule has 6 amide bonds. The standard InChI is InChI=1S/C55H78N6O12/c1-9-36(4)49(60(6)53(65)48(35(2)3)59-54(66)67)46(69-7)33-47(62)61-27-17-24-45(61)50(70-8)37(5)51(63)58-44(32-38-18-11-10-12-19-38)52(64)56-25-28-71-30-31-72-29-26-57-55(68)73-34-43-41-22-15-13-20-39(41)40-21-14-16-23-42(40)43/h10-16,18-23,35-37,43-46,48-50,59H,9,17,24-34H2,1-8H3,(H,56,64)(H,57,68)(H,58,63)(H,66,67)/t36-,37+,44-,45-,46+,48-,49-,50+/m0/s1. The molecule has 18 heteroatoms. The number of hydrogen-bond donors (Lipinski definition) is 5. The highest BCUT2D eigenvalue weighted by Crippen LogP contribution is 2.44. The lowest BCUT2D eigenvalue weighted by atomic mass is 9.89. The van der Waals surface area contributed by atoms with Crippen LogP contribution in [0.1, 0.15) is 82.9 Å². The zero-order chi connectivity index (χ0) is 53.0. The number of carboxylic acid groups (broad SMARTS) is 1. The number of likely N-dealkylation sites (N-methyl/N-ethyl adjacent to an activating group) is 1. The highest BCUT2D eigenvalue weighted by atomic mass is 16.6. The molecular formula is C55H78N6O12. The Bertz CT molecular complexity index is 2220. The van der Waals surface area contributed by atoms with Crippen LogP contribution in [-0.4, -0.2) is 161 Å². The molecule has 3 aromatic carbocycles. The Morgan fingerprint density at radius 2 is 1.37 bits per heavy atom. The molecule has 1 fully saturated rings. The number of carbonyl (C=O) groups excluding carboxylic acids is 5. The van der Waals surface area contributed by atoms with Gasteiger partial charge in [0.05, 0.1) is 63.1 Å². The Morgan fingerprint density at radius 3 is 1.95 bits per heavy atom. The molecule has 0 radical (unpaired) electrons. The minimum absolute atomic E-state index is 0.0274. The van der Waals surface area contributed by atoms with Crippen molar-refractivity contribution < 1.29 is 57.6 Å². The molecule has 2 aliphatic rings. The average Bonchev–Trinajstić information content (AvgIpc) is 4.00. The van der Waals surface area contributed by atoms with Gasteiger partial charge in [0.1, 0.15) is 18.7 Å². The molecule has 8 atom stereocenters. The van der Waals surface area contributed by atoms with Crippen LogP contribution < -0.4 is 21.3 Å². The number of amides is 6. The van der Waals surface area contributed by atoms with E-state index in [1.54, 1.807) is 32.7 Å². The zero-order valence-electron chi connectivity index (χ0n) is 43.8. The first-order chi connectivity index (χ1) is 35.1. The van der Waals surface area contributed by atoms with Gasteiger partial charge in [0, 0.05) is 53.2 Å². The average molecular weight is 1020 g/mol. The highest BCUT2D eigenvalue weighted by Gasteiger charge is 2.43. The van der Waals surface area contributed by atoms with E-state index in [1.807, 2.05) is 68.4 Å². The van der Waals surface area contributed by atoms with Gasteiger partial charge in [0.25, 0.3) is 0 Å². The summed E-state index contributed by atoms with van der Waals surface area (Å²) in [6.07, 6.45) is -1.15. The first-order valence-corrected chi connectivity index (χ1v) is 25.6. The SMILES string of the molecule is CC[C@H](C)[C@@H]([C@@H](CC(=O)N1CCC[C@H]1[C@H](OC)[C@@H](C)C(=O)N[C@@H](Cc1ccccc1)C(=O)NCCOCCOCCNC(=O)OCC1c2ccccc2-c2ccccc21)OC)N(C)C(=O)[C@@H](NC(=O)O)C(C)C. The third kappa shape index (κ3) is 16.0. The van der Waals surface area contributed by atoms with Crippen molar-refractivity contribution in [3.63, 3.8) is 0 Å². The summed E-state index contributed by atoms with van der Waals surface area (Å²) in [4.78, 5) is 83.1. The van der Waals surface area contributed by atoms with E-state index in [9.17, 15) is 33.9 Å². The molecular weight excluding hydrogens is 937 g/mol. The molecule has 0 spiro atoms. The Kier molecular flexibility index (Phi) is 22.9. The molecule has 1 heterocycles. The number of nitrogens with one attached hydrogen (secondary N) is 4. The number of rotatable bonds is 29. The molecule has 0 aromatic heterocycles. The van der Waals surface area contributed by atoms with Crippen LogP contribution in [0.2, 0.25) is 0 Å². The van der Waals surface area contributed by atoms with Gasteiger partial charge in [-0.15, -0.1) is 0 Å². The number of methoxy groups -OCH3 is 2. The van der Waals surface area contributed by atoms with E-state index < -0.39 is 72.2 Å². The fraction of sp³-hybridized carbons (Fsp3) is 0.564. The zero-order valence-corrected chi connectivity index (χ0v) is 43.8. The molecule has 5 N–H and O–H groups in total. The van der Waals surface area contributed by atoms with Gasteiger partial charge >= 0.3 is 12.2 Å². The van der Waals surface area contributed by atoms with Crippen LogP contribution >= 0.6 is 0 Å². The number of fused-ring (bicyclic) bond motifs is 3. The van der Waals surface area contributed by atoms with Crippen LogP contribution in [0.25, 0.3) is 11.1 Å². The van der Waals surface area contributed by atoms with Gasteiger partial charge in [-0.1, -0.05) is 120 Å². The smallest absolute Gasteiger partial charge is 0.407 e. The topological polar surface area (TPSA) is 223 Å². The Morgan fingerprint density at radius 1 is 0.767 bits per heavy atom. The Labute approximate surface area is 430 Å². The van der Waals surface area contributed by atoms with Gasteiger partial charge in [-0.05, 0) is 52.5 Å². The number of benzene rings is 3. The third-order valence-corrected chi connectivity index (χ3v) is 14.2. The summed E-state index contributed by atoms with van der Waals surface area (Å²) in [5.41, 5.74) is 5.45. The molecule has 1 aliphatic carbocycles. The number of nitrogens with zero attached hydrogens (tertiary/aromatic N) is 2. The van der Waals surface area contributed by atoms with Gasteiger partial charge in [-0.25, -0.2) is 9.59 Å². The van der Waals surface area contributed by atoms with Crippen molar-refractivity contribution in [3.8, 4) is 11.1 Å². The van der Waals surface area contributed by atoms with Gasteiger partial charge in [0.2, 0.25) is 23.6 Å². The van der Waals surface area contributed by atoms with E-state index in [0.717, 1.165) is 27.8 Å². The van der Waals surface area contributed by atoms with E-state index >= 15 is 0 Å². The second-order valence-corrected chi connectivity index (χ2v) is 19.3. The van der Waals surface area contributed by atoms with Crippen molar-refractivity contribution in [2.75, 3.05) is 73.9 Å². The van der Waals surface area contributed by atoms with Crippen LogP contribution in [0.4, 0.5) is 9.59 Å². The van der Waals surface area contributed by atoms with Crippen molar-refractivity contribution >= 4 is 35.8 Å². The van der Waals surface area contributed by atoms with Crippen LogP contribution in [0, 0.1) is 17.8 Å². The molecule has 1 aliphatic heterocycles. The van der Waals surface area contributed by atoms with E-state index in [1.165, 1.54) is 19.1 Å². The quantitative estimate of drug-likeness (QED) is 0.0536. The van der Waals surface area contributed by atoms with Crippen molar-refractivity contribution in [1.82, 2.24) is 31.1 Å². The minimum atomic E-state index is -1.30. The number of ether oxygens (including phenoxy) is 5. The molecule has 0 unspecified atom stereocenters. The van der Waals surface area contributed by atoms with Gasteiger partial charge < -0.3 is 59.9 Å². The number of hydrogen-bond acceptors (Lipinski definition) is 11.